The van der Waals surface area contributed by atoms with Crippen molar-refractivity contribution >= 4 is 11.7 Å². The van der Waals surface area contributed by atoms with Gasteiger partial charge in [0.15, 0.2) is 5.78 Å². The Morgan fingerprint density at radius 2 is 1.75 bits per heavy atom. The van der Waals surface area contributed by atoms with Gasteiger partial charge >= 0.3 is 0 Å². The Bertz CT molecular complexity index is 718. The van der Waals surface area contributed by atoms with Crippen LogP contribution in [0.2, 0.25) is 0 Å². The quantitative estimate of drug-likeness (QED) is 0.625. The number of nitrogens with one attached hydrogen (secondary N) is 1. The average molecular weight is 323 g/mol. The molecule has 0 aromatic heterocycles. The molecule has 0 heterocycles. The number of aryl methyl sites for hydroxylation is 1. The molecule has 0 saturated carbocycles. The van der Waals surface area contributed by atoms with Crippen molar-refractivity contribution in [1.82, 2.24) is 5.32 Å². The van der Waals surface area contributed by atoms with Crippen LogP contribution >= 0.6 is 0 Å². The van der Waals surface area contributed by atoms with Crippen molar-refractivity contribution in [2.75, 3.05) is 7.11 Å². The largest absolute Gasteiger partial charge is 0.497 e. The Kier molecular flexibility index (Phi) is 5.90. The first-order chi connectivity index (χ1) is 11.5. The number of amides is 1. The highest BCUT2D eigenvalue weighted by molar-refractivity contribution is 5.97. The van der Waals surface area contributed by atoms with Crippen LogP contribution in [0.1, 0.15) is 33.9 Å². The molecule has 4 nitrogen and oxygen atoms in total. The summed E-state index contributed by atoms with van der Waals surface area (Å²) in [4.78, 5) is 24.2. The van der Waals surface area contributed by atoms with Gasteiger partial charge in [0.2, 0.25) is 5.91 Å². The fraction of sp³-hybridized carbons (Fsp3) is 0.200. The topological polar surface area (TPSA) is 55.4 Å². The fourth-order valence-corrected chi connectivity index (χ4v) is 2.36. The van der Waals surface area contributed by atoms with Crippen molar-refractivity contribution < 1.29 is 14.3 Å². The van der Waals surface area contributed by atoms with Gasteiger partial charge in [-0.2, -0.15) is 0 Å². The number of benzene rings is 2. The van der Waals surface area contributed by atoms with Gasteiger partial charge in [-0.1, -0.05) is 48.5 Å². The molecule has 1 unspecified atom stereocenters. The highest BCUT2D eigenvalue weighted by Crippen LogP contribution is 2.22. The molecule has 1 amide bonds. The smallest absolute Gasteiger partial charge is 0.243 e. The molecule has 1 N–H and O–H groups in total. The molecular weight excluding hydrogens is 302 g/mol. The summed E-state index contributed by atoms with van der Waals surface area (Å²) in [5.41, 5.74) is 2.57. The summed E-state index contributed by atoms with van der Waals surface area (Å²) in [6.07, 6.45) is 1.38. The number of hydrogen-bond acceptors (Lipinski definition) is 3. The first-order valence-corrected chi connectivity index (χ1v) is 7.70. The molecule has 1 atom stereocenters. The van der Waals surface area contributed by atoms with Crippen molar-refractivity contribution in [2.24, 2.45) is 0 Å². The molecule has 0 spiro atoms. The van der Waals surface area contributed by atoms with Crippen molar-refractivity contribution in [3.63, 3.8) is 0 Å². The zero-order valence-corrected chi connectivity index (χ0v) is 13.9. The van der Waals surface area contributed by atoms with Gasteiger partial charge in [0.05, 0.1) is 13.2 Å². The molecule has 24 heavy (non-hydrogen) atoms. The molecule has 124 valence electrons. The molecule has 0 aliphatic carbocycles. The van der Waals surface area contributed by atoms with Gasteiger partial charge in [-0.05, 0) is 30.7 Å². The molecule has 4 heteroatoms. The van der Waals surface area contributed by atoms with E-state index >= 15 is 0 Å². The lowest BCUT2D eigenvalue weighted by atomic mass is 9.97. The zero-order valence-electron chi connectivity index (χ0n) is 13.9. The second-order valence-corrected chi connectivity index (χ2v) is 5.53. The average Bonchev–Trinajstić information content (AvgIpc) is 2.61. The maximum atomic E-state index is 12.5. The molecule has 2 aromatic carbocycles. The van der Waals surface area contributed by atoms with E-state index in [0.29, 0.717) is 5.56 Å². The molecule has 0 fully saturated rings. The minimum Gasteiger partial charge on any atom is -0.497 e. The van der Waals surface area contributed by atoms with Gasteiger partial charge in [-0.25, -0.2) is 0 Å². The van der Waals surface area contributed by atoms with Crippen LogP contribution in [-0.4, -0.2) is 18.8 Å². The number of ether oxygens (including phenoxy) is 1. The van der Waals surface area contributed by atoms with Crippen LogP contribution < -0.4 is 10.1 Å². The normalized spacial score (nSPS) is 11.4. The van der Waals surface area contributed by atoms with Crippen molar-refractivity contribution in [3.8, 4) is 5.75 Å². The van der Waals surface area contributed by atoms with E-state index in [1.165, 1.54) is 6.08 Å². The zero-order chi connectivity index (χ0) is 17.5. The van der Waals surface area contributed by atoms with Gasteiger partial charge in [-0.15, -0.1) is 0 Å². The maximum absolute atomic E-state index is 12.5. The highest BCUT2D eigenvalue weighted by atomic mass is 16.5. The Hall–Kier alpha value is -2.88. The molecule has 2 aromatic rings. The summed E-state index contributed by atoms with van der Waals surface area (Å²) in [6.45, 7) is 5.44. The maximum Gasteiger partial charge on any atom is 0.243 e. The third kappa shape index (κ3) is 4.56. The van der Waals surface area contributed by atoms with Crippen LogP contribution in [0.15, 0.2) is 61.2 Å². The molecule has 0 saturated heterocycles. The lowest BCUT2D eigenvalue weighted by molar-refractivity contribution is -0.117. The van der Waals surface area contributed by atoms with E-state index in [2.05, 4.69) is 11.9 Å². The van der Waals surface area contributed by atoms with Gasteiger partial charge in [0, 0.05) is 12.0 Å². The summed E-state index contributed by atoms with van der Waals surface area (Å²) in [7, 11) is 1.59. The number of carbonyl (C=O) groups excluding carboxylic acids is 2. The van der Waals surface area contributed by atoms with Gasteiger partial charge in [-0.3, -0.25) is 9.59 Å². The lowest BCUT2D eigenvalue weighted by Crippen LogP contribution is -2.28. The second kappa shape index (κ2) is 8.11. The Morgan fingerprint density at radius 3 is 2.29 bits per heavy atom. The van der Waals surface area contributed by atoms with Gasteiger partial charge in [0.25, 0.3) is 0 Å². The molecule has 0 aliphatic heterocycles. The predicted octanol–water partition coefficient (Wildman–Crippen LogP) is 3.62. The number of hydrogen-bond donors (Lipinski definition) is 1. The van der Waals surface area contributed by atoms with E-state index in [4.69, 9.17) is 4.74 Å². The standard InChI is InChI=1S/C20H21NO3/c1-4-20(23)21-18(15-9-11-17(24-3)12-10-15)13-19(22)16-7-5-14(2)6-8-16/h4-12,18H,1,13H2,2-3H3,(H,21,23). The van der Waals surface area contributed by atoms with Crippen LogP contribution in [0.5, 0.6) is 5.75 Å². The number of ketones is 1. The number of carbonyl (C=O) groups is 2. The fourth-order valence-electron chi connectivity index (χ4n) is 2.36. The third-order valence-corrected chi connectivity index (χ3v) is 3.78. The molecule has 0 radical (unpaired) electrons. The summed E-state index contributed by atoms with van der Waals surface area (Å²) in [6, 6.07) is 14.3. The number of methoxy groups -OCH3 is 1. The Morgan fingerprint density at radius 1 is 1.12 bits per heavy atom. The van der Waals surface area contributed by atoms with Crippen molar-refractivity contribution in [2.45, 2.75) is 19.4 Å². The number of rotatable bonds is 7. The van der Waals surface area contributed by atoms with Crippen molar-refractivity contribution in [3.05, 3.63) is 77.9 Å². The van der Waals surface area contributed by atoms with E-state index < -0.39 is 6.04 Å². The van der Waals surface area contributed by atoms with Crippen LogP contribution in [0, 0.1) is 6.92 Å². The highest BCUT2D eigenvalue weighted by Gasteiger charge is 2.18. The SMILES string of the molecule is C=CC(=O)NC(CC(=O)c1ccc(C)cc1)c1ccc(OC)cc1. The van der Waals surface area contributed by atoms with E-state index in [0.717, 1.165) is 16.9 Å². The lowest BCUT2D eigenvalue weighted by Gasteiger charge is -2.18. The van der Waals surface area contributed by atoms with Crippen molar-refractivity contribution in [1.29, 1.82) is 0 Å². The predicted molar refractivity (Wildman–Crippen MR) is 94.2 cm³/mol. The van der Waals surface area contributed by atoms with Crippen LogP contribution in [0.4, 0.5) is 0 Å². The van der Waals surface area contributed by atoms with Crippen LogP contribution in [0.25, 0.3) is 0 Å². The Balaban J connectivity index is 2.21. The van der Waals surface area contributed by atoms with Crippen LogP contribution in [-0.2, 0) is 4.79 Å². The third-order valence-electron chi connectivity index (χ3n) is 3.78. The van der Waals surface area contributed by atoms with E-state index in [-0.39, 0.29) is 18.1 Å². The minimum atomic E-state index is -0.421. The molecule has 0 bridgehead atoms. The monoisotopic (exact) mass is 323 g/mol. The van der Waals surface area contributed by atoms with Gasteiger partial charge in [0.1, 0.15) is 5.75 Å². The number of Topliss-reactive ketones (excluding diaryl/α,β-unsaturated/α-hetero) is 1. The molecular formula is C20H21NO3. The second-order valence-electron chi connectivity index (χ2n) is 5.53. The van der Waals surface area contributed by atoms with E-state index in [1.807, 2.05) is 31.2 Å². The Labute approximate surface area is 142 Å². The molecule has 2 rings (SSSR count). The van der Waals surface area contributed by atoms with E-state index in [9.17, 15) is 9.59 Å². The summed E-state index contributed by atoms with van der Waals surface area (Å²) >= 11 is 0. The summed E-state index contributed by atoms with van der Waals surface area (Å²) < 4.78 is 5.14. The summed E-state index contributed by atoms with van der Waals surface area (Å²) in [5, 5.41) is 2.81. The summed E-state index contributed by atoms with van der Waals surface area (Å²) in [5.74, 6) is 0.380. The first kappa shape index (κ1) is 17.5. The molecule has 0 aliphatic rings. The van der Waals surface area contributed by atoms with E-state index in [1.54, 1.807) is 31.4 Å². The van der Waals surface area contributed by atoms with Gasteiger partial charge < -0.3 is 10.1 Å². The van der Waals surface area contributed by atoms with Crippen LogP contribution in [0.3, 0.4) is 0 Å². The first-order valence-electron chi connectivity index (χ1n) is 7.70. The minimum absolute atomic E-state index is 0.0276.